The van der Waals surface area contributed by atoms with Crippen LogP contribution in [0.5, 0.6) is 0 Å². The summed E-state index contributed by atoms with van der Waals surface area (Å²) in [5.41, 5.74) is -0.506. The maximum Gasteiger partial charge on any atom is 0.273 e. The summed E-state index contributed by atoms with van der Waals surface area (Å²) in [5.74, 6) is -0.721. The van der Waals surface area contributed by atoms with E-state index >= 15 is 0 Å². The van der Waals surface area contributed by atoms with Crippen LogP contribution in [0.3, 0.4) is 0 Å². The molecule has 2 aromatic heterocycles. The fourth-order valence-corrected chi connectivity index (χ4v) is 1.99. The van der Waals surface area contributed by atoms with Crippen molar-refractivity contribution in [2.24, 2.45) is 7.05 Å². The molecule has 0 aliphatic rings. The first-order valence-electron chi connectivity index (χ1n) is 6.53. The lowest BCUT2D eigenvalue weighted by molar-refractivity contribution is -0.123. The van der Waals surface area contributed by atoms with Crippen molar-refractivity contribution in [3.05, 3.63) is 29.3 Å². The lowest BCUT2D eigenvalue weighted by Gasteiger charge is -2.24. The molecule has 0 saturated carbocycles. The molecule has 0 spiro atoms. The van der Waals surface area contributed by atoms with Gasteiger partial charge in [-0.3, -0.25) is 19.0 Å². The summed E-state index contributed by atoms with van der Waals surface area (Å²) in [6, 6.07) is 0. The van der Waals surface area contributed by atoms with Gasteiger partial charge >= 0.3 is 0 Å². The van der Waals surface area contributed by atoms with Crippen LogP contribution in [-0.4, -0.2) is 38.4 Å². The van der Waals surface area contributed by atoms with Crippen molar-refractivity contribution in [2.45, 2.75) is 19.4 Å². The van der Waals surface area contributed by atoms with E-state index in [4.69, 9.17) is 11.6 Å². The van der Waals surface area contributed by atoms with E-state index in [0.29, 0.717) is 10.7 Å². The van der Waals surface area contributed by atoms with E-state index in [0.717, 1.165) is 0 Å². The van der Waals surface area contributed by atoms with Crippen molar-refractivity contribution in [1.29, 1.82) is 0 Å². The van der Waals surface area contributed by atoms with Crippen LogP contribution >= 0.6 is 11.6 Å². The second kappa shape index (κ2) is 5.80. The first-order chi connectivity index (χ1) is 10.3. The van der Waals surface area contributed by atoms with E-state index in [-0.39, 0.29) is 17.5 Å². The first-order valence-corrected chi connectivity index (χ1v) is 6.91. The van der Waals surface area contributed by atoms with E-state index in [2.05, 4.69) is 20.8 Å². The number of hydrogen-bond acceptors (Lipinski definition) is 4. The SMILES string of the molecule is CNC(=O)c1nn(C)cc1NC(=O)C(C)(C)n1cc(Cl)cn1. The Morgan fingerprint density at radius 2 is 2.00 bits per heavy atom. The van der Waals surface area contributed by atoms with Crippen LogP contribution in [-0.2, 0) is 17.4 Å². The van der Waals surface area contributed by atoms with Crippen LogP contribution in [0.1, 0.15) is 24.3 Å². The summed E-state index contributed by atoms with van der Waals surface area (Å²) in [4.78, 5) is 24.3. The van der Waals surface area contributed by atoms with Gasteiger partial charge in [-0.2, -0.15) is 10.2 Å². The number of amides is 2. The number of nitrogens with zero attached hydrogens (tertiary/aromatic N) is 4. The summed E-state index contributed by atoms with van der Waals surface area (Å²) in [6.07, 6.45) is 4.58. The maximum absolute atomic E-state index is 12.5. The zero-order valence-electron chi connectivity index (χ0n) is 12.7. The molecule has 0 unspecified atom stereocenters. The lowest BCUT2D eigenvalue weighted by atomic mass is 10.0. The number of carbonyl (C=O) groups excluding carboxylic acids is 2. The molecule has 9 heteroatoms. The molecule has 8 nitrogen and oxygen atoms in total. The first kappa shape index (κ1) is 16.0. The van der Waals surface area contributed by atoms with E-state index in [9.17, 15) is 9.59 Å². The van der Waals surface area contributed by atoms with Crippen LogP contribution in [0.25, 0.3) is 0 Å². The minimum absolute atomic E-state index is 0.146. The highest BCUT2D eigenvalue weighted by atomic mass is 35.5. The molecule has 0 fully saturated rings. The number of aromatic nitrogens is 4. The lowest BCUT2D eigenvalue weighted by Crippen LogP contribution is -2.41. The van der Waals surface area contributed by atoms with Crippen LogP contribution in [0, 0.1) is 0 Å². The molecule has 118 valence electrons. The molecule has 22 heavy (non-hydrogen) atoms. The molecule has 2 aromatic rings. The molecule has 2 heterocycles. The van der Waals surface area contributed by atoms with Gasteiger partial charge in [0.05, 0.1) is 16.9 Å². The predicted octanol–water partition coefficient (Wildman–Crippen LogP) is 1.00. The average molecular weight is 325 g/mol. The minimum Gasteiger partial charge on any atom is -0.354 e. The molecule has 2 N–H and O–H groups in total. The van der Waals surface area contributed by atoms with Crippen molar-refractivity contribution >= 4 is 29.1 Å². The number of aryl methyl sites for hydroxylation is 1. The van der Waals surface area contributed by atoms with Crippen LogP contribution < -0.4 is 10.6 Å². The average Bonchev–Trinajstić information content (AvgIpc) is 3.04. The third kappa shape index (κ3) is 2.96. The number of hydrogen-bond donors (Lipinski definition) is 2. The summed E-state index contributed by atoms with van der Waals surface area (Å²) >= 11 is 5.84. The summed E-state index contributed by atoms with van der Waals surface area (Å²) in [7, 11) is 3.17. The van der Waals surface area contributed by atoms with Gasteiger partial charge in [0.25, 0.3) is 11.8 Å². The van der Waals surface area contributed by atoms with Crippen molar-refractivity contribution in [3.8, 4) is 0 Å². The van der Waals surface area contributed by atoms with Gasteiger partial charge in [-0.25, -0.2) is 0 Å². The van der Waals surface area contributed by atoms with Crippen molar-refractivity contribution in [1.82, 2.24) is 24.9 Å². The largest absolute Gasteiger partial charge is 0.354 e. The molecule has 0 aliphatic heterocycles. The Hall–Kier alpha value is -2.35. The van der Waals surface area contributed by atoms with Gasteiger partial charge in [-0.1, -0.05) is 11.6 Å². The molecule has 0 atom stereocenters. The molecule has 2 rings (SSSR count). The Balaban J connectivity index is 2.27. The Morgan fingerprint density at radius 1 is 1.32 bits per heavy atom. The highest BCUT2D eigenvalue weighted by Gasteiger charge is 2.32. The highest BCUT2D eigenvalue weighted by molar-refractivity contribution is 6.30. The van der Waals surface area contributed by atoms with E-state index in [1.165, 1.54) is 22.6 Å². The highest BCUT2D eigenvalue weighted by Crippen LogP contribution is 2.21. The fourth-order valence-electron chi connectivity index (χ4n) is 1.85. The van der Waals surface area contributed by atoms with Gasteiger partial charge < -0.3 is 10.6 Å². The predicted molar refractivity (Wildman–Crippen MR) is 81.8 cm³/mol. The molecule has 2 amide bonds. The maximum atomic E-state index is 12.5. The topological polar surface area (TPSA) is 93.8 Å². The van der Waals surface area contributed by atoms with Gasteiger partial charge in [0.2, 0.25) is 0 Å². The van der Waals surface area contributed by atoms with Crippen LogP contribution in [0.2, 0.25) is 5.02 Å². The molecule has 0 aliphatic carbocycles. The van der Waals surface area contributed by atoms with Crippen molar-refractivity contribution in [2.75, 3.05) is 12.4 Å². The smallest absolute Gasteiger partial charge is 0.273 e. The minimum atomic E-state index is -0.983. The molecule has 0 aromatic carbocycles. The summed E-state index contributed by atoms with van der Waals surface area (Å²) < 4.78 is 2.92. The number of rotatable bonds is 4. The van der Waals surface area contributed by atoms with Crippen LogP contribution in [0.4, 0.5) is 5.69 Å². The zero-order chi connectivity index (χ0) is 16.5. The molecular weight excluding hydrogens is 308 g/mol. The number of carbonyl (C=O) groups is 2. The molecule has 0 saturated heterocycles. The Bertz CT molecular complexity index is 718. The molecule has 0 radical (unpaired) electrons. The zero-order valence-corrected chi connectivity index (χ0v) is 13.5. The van der Waals surface area contributed by atoms with E-state index < -0.39 is 5.54 Å². The van der Waals surface area contributed by atoms with Gasteiger partial charge in [-0.05, 0) is 13.8 Å². The summed E-state index contributed by atoms with van der Waals surface area (Å²) in [6.45, 7) is 3.39. The molecule has 0 bridgehead atoms. The summed E-state index contributed by atoms with van der Waals surface area (Å²) in [5, 5.41) is 13.7. The van der Waals surface area contributed by atoms with Gasteiger partial charge in [0.15, 0.2) is 5.69 Å². The number of anilines is 1. The van der Waals surface area contributed by atoms with E-state index in [1.807, 2.05) is 0 Å². The third-order valence-corrected chi connectivity index (χ3v) is 3.39. The monoisotopic (exact) mass is 324 g/mol. The Labute approximate surface area is 132 Å². The van der Waals surface area contributed by atoms with Gasteiger partial charge in [0.1, 0.15) is 5.54 Å². The quantitative estimate of drug-likeness (QED) is 0.877. The Kier molecular flexibility index (Phi) is 4.23. The standard InChI is InChI=1S/C13H17ClN6O2/c1-13(2,20-6-8(14)5-16-20)12(22)17-9-7-19(4)18-10(9)11(21)15-3/h5-7H,1-4H3,(H,15,21)(H,17,22). The molecular formula is C13H17ClN6O2. The van der Waals surface area contributed by atoms with Crippen molar-refractivity contribution < 1.29 is 9.59 Å². The van der Waals surface area contributed by atoms with Crippen molar-refractivity contribution in [3.63, 3.8) is 0 Å². The normalized spacial score (nSPS) is 11.3. The van der Waals surface area contributed by atoms with Gasteiger partial charge in [-0.15, -0.1) is 0 Å². The fraction of sp³-hybridized carbons (Fsp3) is 0.385. The van der Waals surface area contributed by atoms with E-state index in [1.54, 1.807) is 33.3 Å². The third-order valence-electron chi connectivity index (χ3n) is 3.20. The van der Waals surface area contributed by atoms with Gasteiger partial charge in [0, 0.05) is 26.5 Å². The second-order valence-corrected chi connectivity index (χ2v) is 5.70. The van der Waals surface area contributed by atoms with Crippen LogP contribution in [0.15, 0.2) is 18.6 Å². The Morgan fingerprint density at radius 3 is 2.55 bits per heavy atom. The second-order valence-electron chi connectivity index (χ2n) is 5.26. The number of halogens is 1. The number of nitrogens with one attached hydrogen (secondary N) is 2.